The van der Waals surface area contributed by atoms with Crippen LogP contribution >= 0.6 is 11.3 Å². The van der Waals surface area contributed by atoms with Gasteiger partial charge in [0.25, 0.3) is 0 Å². The fourth-order valence-corrected chi connectivity index (χ4v) is 9.61. The van der Waals surface area contributed by atoms with E-state index in [1.54, 1.807) is 0 Å². The van der Waals surface area contributed by atoms with Gasteiger partial charge in [0.15, 0.2) is 0 Å². The number of thiophene rings is 1. The van der Waals surface area contributed by atoms with E-state index in [0.29, 0.717) is 0 Å². The van der Waals surface area contributed by atoms with E-state index in [1.165, 1.54) is 85.9 Å². The molecule has 0 aliphatic rings. The molecule has 0 aliphatic heterocycles. The highest BCUT2D eigenvalue weighted by Gasteiger charge is 2.16. The lowest BCUT2D eigenvalue weighted by Crippen LogP contribution is -2.10. The van der Waals surface area contributed by atoms with Crippen LogP contribution in [0.2, 0.25) is 0 Å². The van der Waals surface area contributed by atoms with Crippen molar-refractivity contribution in [3.63, 3.8) is 0 Å². The van der Waals surface area contributed by atoms with Crippen LogP contribution in [0.15, 0.2) is 212 Å². The molecule has 10 aromatic carbocycles. The molecule has 0 spiro atoms. The zero-order valence-electron chi connectivity index (χ0n) is 30.6. The molecule has 0 atom stereocenters. The number of hydrogen-bond acceptors (Lipinski definition) is 2. The van der Waals surface area contributed by atoms with E-state index in [9.17, 15) is 0 Å². The van der Waals surface area contributed by atoms with Crippen LogP contribution in [0.1, 0.15) is 0 Å². The summed E-state index contributed by atoms with van der Waals surface area (Å²) in [6, 6.07) is 77.7. The molecule has 0 unspecified atom stereocenters. The predicted octanol–water partition coefficient (Wildman–Crippen LogP) is 16.0. The second-order valence-corrected chi connectivity index (χ2v) is 15.6. The Balaban J connectivity index is 0.993. The molecule has 56 heavy (non-hydrogen) atoms. The summed E-state index contributed by atoms with van der Waals surface area (Å²) >= 11 is 1.88. The summed E-state index contributed by atoms with van der Waals surface area (Å²) in [6.45, 7) is 0. The fourth-order valence-electron chi connectivity index (χ4n) is 8.43. The van der Waals surface area contributed by atoms with Crippen molar-refractivity contribution in [3.8, 4) is 33.4 Å². The third-order valence-corrected chi connectivity index (χ3v) is 12.3. The lowest BCUT2D eigenvalue weighted by atomic mass is 9.93. The first-order chi connectivity index (χ1) is 27.7. The highest BCUT2D eigenvalue weighted by Crippen LogP contribution is 2.42. The Morgan fingerprint density at radius 1 is 0.268 bits per heavy atom. The normalized spacial score (nSPS) is 11.6. The molecule has 0 N–H and O–H groups in total. The van der Waals surface area contributed by atoms with E-state index < -0.39 is 0 Å². The monoisotopic (exact) mass is 729 g/mol. The van der Waals surface area contributed by atoms with Crippen LogP contribution in [0.25, 0.3) is 85.9 Å². The van der Waals surface area contributed by atoms with Crippen molar-refractivity contribution in [1.82, 2.24) is 0 Å². The smallest absolute Gasteiger partial charge is 0.0467 e. The molecule has 11 aromatic rings. The quantitative estimate of drug-likeness (QED) is 0.154. The average molecular weight is 730 g/mol. The first kappa shape index (κ1) is 32.4. The number of hydrogen-bond donors (Lipinski definition) is 0. The van der Waals surface area contributed by atoms with Gasteiger partial charge in [-0.25, -0.2) is 0 Å². The summed E-state index contributed by atoms with van der Waals surface area (Å²) in [7, 11) is 0. The molecule has 0 bridgehead atoms. The Hall–Kier alpha value is -7.00. The number of rotatable bonds is 6. The van der Waals surface area contributed by atoms with Crippen LogP contribution in [0.5, 0.6) is 0 Å². The summed E-state index contributed by atoms with van der Waals surface area (Å²) in [4.78, 5) is 2.37. The van der Waals surface area contributed by atoms with Gasteiger partial charge >= 0.3 is 0 Å². The molecule has 2 heteroatoms. The summed E-state index contributed by atoms with van der Waals surface area (Å²) in [6.07, 6.45) is 0. The van der Waals surface area contributed by atoms with Crippen LogP contribution in [0, 0.1) is 0 Å². The molecular formula is C54H35NS. The van der Waals surface area contributed by atoms with Gasteiger partial charge in [-0.05, 0) is 126 Å². The van der Waals surface area contributed by atoms with Crippen LogP contribution in [-0.4, -0.2) is 0 Å². The van der Waals surface area contributed by atoms with E-state index >= 15 is 0 Å². The van der Waals surface area contributed by atoms with E-state index in [2.05, 4.69) is 217 Å². The van der Waals surface area contributed by atoms with Crippen molar-refractivity contribution in [1.29, 1.82) is 0 Å². The molecule has 0 saturated carbocycles. The van der Waals surface area contributed by atoms with Gasteiger partial charge in [0.1, 0.15) is 0 Å². The van der Waals surface area contributed by atoms with Gasteiger partial charge in [-0.3, -0.25) is 0 Å². The average Bonchev–Trinajstić information content (AvgIpc) is 3.63. The van der Waals surface area contributed by atoms with Crippen LogP contribution in [-0.2, 0) is 0 Å². The molecular weight excluding hydrogens is 695 g/mol. The van der Waals surface area contributed by atoms with Gasteiger partial charge in [0.05, 0.1) is 0 Å². The van der Waals surface area contributed by atoms with Crippen molar-refractivity contribution in [3.05, 3.63) is 212 Å². The minimum Gasteiger partial charge on any atom is -0.310 e. The Kier molecular flexibility index (Phi) is 7.75. The van der Waals surface area contributed by atoms with Crippen LogP contribution in [0.4, 0.5) is 17.1 Å². The first-order valence-corrected chi connectivity index (χ1v) is 20.0. The van der Waals surface area contributed by atoms with Crippen molar-refractivity contribution < 1.29 is 0 Å². The summed E-state index contributed by atoms with van der Waals surface area (Å²) < 4.78 is 2.65. The third kappa shape index (κ3) is 5.62. The highest BCUT2D eigenvalue weighted by atomic mass is 32.1. The van der Waals surface area contributed by atoms with Crippen LogP contribution in [0.3, 0.4) is 0 Å². The Bertz CT molecular complexity index is 3230. The van der Waals surface area contributed by atoms with Gasteiger partial charge in [0.2, 0.25) is 0 Å². The lowest BCUT2D eigenvalue weighted by Gasteiger charge is -2.26. The van der Waals surface area contributed by atoms with Crippen molar-refractivity contribution in [2.75, 3.05) is 4.90 Å². The van der Waals surface area contributed by atoms with Crippen LogP contribution < -0.4 is 4.90 Å². The molecule has 1 aromatic heterocycles. The molecule has 262 valence electrons. The lowest BCUT2D eigenvalue weighted by molar-refractivity contribution is 1.28. The van der Waals surface area contributed by atoms with Crippen molar-refractivity contribution in [2.45, 2.75) is 0 Å². The zero-order valence-corrected chi connectivity index (χ0v) is 31.4. The second kappa shape index (κ2) is 13.4. The summed E-state index contributed by atoms with van der Waals surface area (Å²) in [5.41, 5.74) is 10.6. The van der Waals surface area contributed by atoms with E-state index in [-0.39, 0.29) is 0 Å². The topological polar surface area (TPSA) is 3.24 Å². The maximum absolute atomic E-state index is 2.37. The molecule has 11 rings (SSSR count). The molecule has 0 fully saturated rings. The number of fused-ring (bicyclic) bond motifs is 7. The van der Waals surface area contributed by atoms with Crippen molar-refractivity contribution in [2.24, 2.45) is 0 Å². The second-order valence-electron chi connectivity index (χ2n) is 14.5. The van der Waals surface area contributed by atoms with E-state index in [0.717, 1.165) is 17.1 Å². The Labute approximate surface area is 330 Å². The predicted molar refractivity (Wildman–Crippen MR) is 243 cm³/mol. The minimum absolute atomic E-state index is 1.11. The Morgan fingerprint density at radius 2 is 0.821 bits per heavy atom. The maximum atomic E-state index is 2.37. The number of benzene rings is 10. The van der Waals surface area contributed by atoms with Gasteiger partial charge < -0.3 is 4.90 Å². The molecule has 1 nitrogen and oxygen atoms in total. The fraction of sp³-hybridized carbons (Fsp3) is 0. The van der Waals surface area contributed by atoms with E-state index in [4.69, 9.17) is 0 Å². The molecule has 0 aliphatic carbocycles. The zero-order chi connectivity index (χ0) is 37.0. The Morgan fingerprint density at radius 3 is 1.59 bits per heavy atom. The van der Waals surface area contributed by atoms with E-state index in [1.807, 2.05) is 11.3 Å². The molecule has 0 amide bonds. The van der Waals surface area contributed by atoms with Crippen molar-refractivity contribution >= 4 is 80.9 Å². The number of nitrogens with zero attached hydrogens (tertiary/aromatic N) is 1. The minimum atomic E-state index is 1.11. The summed E-state index contributed by atoms with van der Waals surface area (Å²) in [5.74, 6) is 0. The van der Waals surface area contributed by atoms with Gasteiger partial charge in [-0.2, -0.15) is 0 Å². The SMILES string of the molecule is c1ccc(-c2cccc(N(c3ccc(-c4ccc5c(c4)sc4cc6ccccc6cc45)cc3)c3ccc(-c4cc5ccccc5c5ccccc45)cc3)c2)cc1. The third-order valence-electron chi connectivity index (χ3n) is 11.2. The molecule has 0 saturated heterocycles. The summed E-state index contributed by atoms with van der Waals surface area (Å²) in [5, 5.41) is 10.3. The molecule has 1 heterocycles. The van der Waals surface area contributed by atoms with Gasteiger partial charge in [0, 0.05) is 37.2 Å². The highest BCUT2D eigenvalue weighted by molar-refractivity contribution is 7.25. The maximum Gasteiger partial charge on any atom is 0.0467 e. The number of anilines is 3. The first-order valence-electron chi connectivity index (χ1n) is 19.2. The standard InChI is InChI=1S/C54H35NS/c1-2-11-36(12-3-1)39-16-10-17-46(31-39)55(45-28-23-38(24-29-45)51-33-43-15-6-7-18-47(43)48-19-8-9-20-49(48)51)44-26-21-37(22-27-44)42-25-30-50-52-32-40-13-4-5-14-41(40)34-54(52)56-53(50)35-42/h1-35H. The molecule has 0 radical (unpaired) electrons. The largest absolute Gasteiger partial charge is 0.310 e. The van der Waals surface area contributed by atoms with Gasteiger partial charge in [-0.1, -0.05) is 152 Å². The van der Waals surface area contributed by atoms with Gasteiger partial charge in [-0.15, -0.1) is 11.3 Å².